The van der Waals surface area contributed by atoms with E-state index < -0.39 is 0 Å². The molecule has 1 aromatic heterocycles. The summed E-state index contributed by atoms with van der Waals surface area (Å²) >= 11 is 0. The number of amides is 1. The van der Waals surface area contributed by atoms with Crippen LogP contribution in [0.15, 0.2) is 24.5 Å². The molecule has 0 unspecified atom stereocenters. The third-order valence-electron chi connectivity index (χ3n) is 3.15. The zero-order chi connectivity index (χ0) is 13.3. The minimum Gasteiger partial charge on any atom is -0.352 e. The Kier molecular flexibility index (Phi) is 6.57. The first kappa shape index (κ1) is 14.7. The van der Waals surface area contributed by atoms with Gasteiger partial charge in [-0.05, 0) is 37.0 Å². The van der Waals surface area contributed by atoms with Crippen molar-refractivity contribution in [3.8, 4) is 0 Å². The molecule has 1 amide bonds. The lowest BCUT2D eigenvalue weighted by Gasteiger charge is -2.07. The van der Waals surface area contributed by atoms with Crippen molar-refractivity contribution in [2.24, 2.45) is 0 Å². The third kappa shape index (κ3) is 5.87. The topological polar surface area (TPSA) is 42.0 Å². The molecule has 5 heteroatoms. The quantitative estimate of drug-likeness (QED) is 0.618. The first-order valence-electron chi connectivity index (χ1n) is 6.78. The normalized spacial score (nSPS) is 18.4. The maximum atomic E-state index is 11.7. The molecule has 1 aromatic rings. The molecule has 1 fully saturated rings. The molecule has 1 N–H and O–H groups in total. The molecule has 0 radical (unpaired) electrons. The Balaban J connectivity index is 1.52. The Bertz CT molecular complexity index is 380. The molecule has 3 nitrogen and oxygen atoms in total. The molecular formula is C14H20N2OS2. The maximum absolute atomic E-state index is 11.7. The molecule has 1 aliphatic rings. The summed E-state index contributed by atoms with van der Waals surface area (Å²) in [5.74, 6) is 1.45. The SMILES string of the molecule is O=C(CCCC[C@H]1CCSS1)NCc1ccncc1. The predicted molar refractivity (Wildman–Crippen MR) is 83.0 cm³/mol. The Morgan fingerprint density at radius 1 is 1.37 bits per heavy atom. The predicted octanol–water partition coefficient (Wildman–Crippen LogP) is 3.41. The van der Waals surface area contributed by atoms with Gasteiger partial charge in [-0.3, -0.25) is 9.78 Å². The molecule has 1 atom stereocenters. The van der Waals surface area contributed by atoms with Crippen molar-refractivity contribution in [3.63, 3.8) is 0 Å². The van der Waals surface area contributed by atoms with Gasteiger partial charge in [-0.1, -0.05) is 28.0 Å². The summed E-state index contributed by atoms with van der Waals surface area (Å²) in [7, 11) is 4.00. The summed E-state index contributed by atoms with van der Waals surface area (Å²) in [6.45, 7) is 0.608. The highest BCUT2D eigenvalue weighted by Crippen LogP contribution is 2.39. The fourth-order valence-corrected chi connectivity index (χ4v) is 5.04. The van der Waals surface area contributed by atoms with Crippen molar-refractivity contribution in [3.05, 3.63) is 30.1 Å². The minimum atomic E-state index is 0.158. The molecule has 0 aromatic carbocycles. The van der Waals surface area contributed by atoms with Crippen molar-refractivity contribution in [2.75, 3.05) is 5.75 Å². The lowest BCUT2D eigenvalue weighted by molar-refractivity contribution is -0.121. The monoisotopic (exact) mass is 296 g/mol. The smallest absolute Gasteiger partial charge is 0.220 e. The van der Waals surface area contributed by atoms with Crippen LogP contribution in [0.2, 0.25) is 0 Å². The molecule has 104 valence electrons. The van der Waals surface area contributed by atoms with Gasteiger partial charge in [-0.25, -0.2) is 0 Å². The second-order valence-corrected chi connectivity index (χ2v) is 7.49. The summed E-state index contributed by atoms with van der Waals surface area (Å²) in [5.41, 5.74) is 1.10. The molecule has 2 rings (SSSR count). The summed E-state index contributed by atoms with van der Waals surface area (Å²) in [5, 5.41) is 3.78. The van der Waals surface area contributed by atoms with Crippen LogP contribution in [0.3, 0.4) is 0 Å². The maximum Gasteiger partial charge on any atom is 0.220 e. The third-order valence-corrected chi connectivity index (χ3v) is 6.15. The zero-order valence-electron chi connectivity index (χ0n) is 11.0. The van der Waals surface area contributed by atoms with Gasteiger partial charge in [0.1, 0.15) is 0 Å². The standard InChI is InChI=1S/C14H20N2OS2/c17-14(16-11-12-5-8-15-9-6-12)4-2-1-3-13-7-10-18-19-13/h5-6,8-9,13H,1-4,7,10-11H2,(H,16,17)/t13-/m0/s1. The second-order valence-electron chi connectivity index (χ2n) is 4.71. The van der Waals surface area contributed by atoms with Crippen LogP contribution in [-0.2, 0) is 11.3 Å². The van der Waals surface area contributed by atoms with Crippen LogP contribution >= 0.6 is 21.6 Å². The number of carbonyl (C=O) groups excluding carboxylic acids is 1. The van der Waals surface area contributed by atoms with Crippen LogP contribution in [0.1, 0.15) is 37.7 Å². The van der Waals surface area contributed by atoms with Gasteiger partial charge in [0.15, 0.2) is 0 Å². The van der Waals surface area contributed by atoms with Crippen LogP contribution in [0.25, 0.3) is 0 Å². The summed E-state index contributed by atoms with van der Waals surface area (Å²) in [6.07, 6.45) is 8.91. The van der Waals surface area contributed by atoms with E-state index in [4.69, 9.17) is 0 Å². The Hall–Kier alpha value is -0.680. The number of nitrogens with zero attached hydrogens (tertiary/aromatic N) is 1. The van der Waals surface area contributed by atoms with Gasteiger partial charge in [0, 0.05) is 36.4 Å². The van der Waals surface area contributed by atoms with E-state index in [9.17, 15) is 4.79 Å². The van der Waals surface area contributed by atoms with Gasteiger partial charge < -0.3 is 5.32 Å². The lowest BCUT2D eigenvalue weighted by atomic mass is 10.1. The van der Waals surface area contributed by atoms with Gasteiger partial charge in [-0.15, -0.1) is 0 Å². The number of aromatic nitrogens is 1. The Morgan fingerprint density at radius 3 is 2.95 bits per heavy atom. The molecular weight excluding hydrogens is 276 g/mol. The highest BCUT2D eigenvalue weighted by molar-refractivity contribution is 8.77. The number of carbonyl (C=O) groups is 1. The molecule has 0 saturated carbocycles. The first-order chi connectivity index (χ1) is 9.34. The van der Waals surface area contributed by atoms with E-state index in [1.54, 1.807) is 12.4 Å². The molecule has 19 heavy (non-hydrogen) atoms. The second kappa shape index (κ2) is 8.48. The molecule has 1 aliphatic heterocycles. The Labute approximate surface area is 122 Å². The van der Waals surface area contributed by atoms with Gasteiger partial charge >= 0.3 is 0 Å². The number of rotatable bonds is 7. The minimum absolute atomic E-state index is 0.158. The van der Waals surface area contributed by atoms with Gasteiger partial charge in [-0.2, -0.15) is 0 Å². The summed E-state index contributed by atoms with van der Waals surface area (Å²) in [6, 6.07) is 3.85. The molecule has 2 heterocycles. The van der Waals surface area contributed by atoms with Crippen LogP contribution in [0, 0.1) is 0 Å². The average molecular weight is 296 g/mol. The molecule has 0 bridgehead atoms. The van der Waals surface area contributed by atoms with Crippen molar-refractivity contribution < 1.29 is 4.79 Å². The number of unbranched alkanes of at least 4 members (excludes halogenated alkanes) is 1. The highest BCUT2D eigenvalue weighted by atomic mass is 33.1. The van der Waals surface area contributed by atoms with Gasteiger partial charge in [0.25, 0.3) is 0 Å². The number of hydrogen-bond acceptors (Lipinski definition) is 4. The summed E-state index contributed by atoms with van der Waals surface area (Å²) < 4.78 is 0. The van der Waals surface area contributed by atoms with Gasteiger partial charge in [0.2, 0.25) is 5.91 Å². The van der Waals surface area contributed by atoms with E-state index in [0.717, 1.165) is 17.2 Å². The highest BCUT2D eigenvalue weighted by Gasteiger charge is 2.15. The molecule has 0 spiro atoms. The van der Waals surface area contributed by atoms with E-state index in [-0.39, 0.29) is 5.91 Å². The van der Waals surface area contributed by atoms with Crippen LogP contribution < -0.4 is 5.32 Å². The first-order valence-corrected chi connectivity index (χ1v) is 9.16. The Morgan fingerprint density at radius 2 is 2.21 bits per heavy atom. The van der Waals surface area contributed by atoms with Crippen molar-refractivity contribution in [2.45, 2.75) is 43.9 Å². The molecule has 0 aliphatic carbocycles. The fraction of sp³-hybridized carbons (Fsp3) is 0.571. The van der Waals surface area contributed by atoms with Crippen molar-refractivity contribution >= 4 is 27.5 Å². The largest absolute Gasteiger partial charge is 0.352 e. The van der Waals surface area contributed by atoms with Crippen LogP contribution in [0.5, 0.6) is 0 Å². The van der Waals surface area contributed by atoms with E-state index in [1.165, 1.54) is 25.0 Å². The number of hydrogen-bond donors (Lipinski definition) is 1. The van der Waals surface area contributed by atoms with Crippen LogP contribution in [-0.4, -0.2) is 21.9 Å². The van der Waals surface area contributed by atoms with E-state index in [2.05, 4.69) is 10.3 Å². The van der Waals surface area contributed by atoms with Crippen molar-refractivity contribution in [1.82, 2.24) is 10.3 Å². The van der Waals surface area contributed by atoms with Crippen molar-refractivity contribution in [1.29, 1.82) is 0 Å². The zero-order valence-corrected chi connectivity index (χ0v) is 12.6. The molecule has 1 saturated heterocycles. The summed E-state index contributed by atoms with van der Waals surface area (Å²) in [4.78, 5) is 15.6. The number of pyridine rings is 1. The lowest BCUT2D eigenvalue weighted by Crippen LogP contribution is -2.22. The van der Waals surface area contributed by atoms with E-state index in [1.807, 2.05) is 33.7 Å². The fourth-order valence-electron chi connectivity index (χ4n) is 2.01. The number of nitrogens with one attached hydrogen (secondary N) is 1. The van der Waals surface area contributed by atoms with E-state index >= 15 is 0 Å². The van der Waals surface area contributed by atoms with E-state index in [0.29, 0.717) is 13.0 Å². The van der Waals surface area contributed by atoms with Gasteiger partial charge in [0.05, 0.1) is 0 Å². The average Bonchev–Trinajstić information content (AvgIpc) is 2.96. The van der Waals surface area contributed by atoms with Crippen LogP contribution in [0.4, 0.5) is 0 Å².